The minimum Gasteiger partial charge on any atom is -0.545 e. The van der Waals surface area contributed by atoms with Gasteiger partial charge >= 0.3 is 0 Å². The van der Waals surface area contributed by atoms with Gasteiger partial charge in [0.25, 0.3) is 5.56 Å². The molecular weight excluding hydrogens is 346 g/mol. The van der Waals surface area contributed by atoms with Crippen LogP contribution in [-0.4, -0.2) is 22.4 Å². The summed E-state index contributed by atoms with van der Waals surface area (Å²) in [6.07, 6.45) is 1.49. The lowest BCUT2D eigenvalue weighted by molar-refractivity contribution is -0.255. The molecule has 1 heterocycles. The van der Waals surface area contributed by atoms with Gasteiger partial charge in [-0.05, 0) is 30.2 Å². The average molecular weight is 364 g/mol. The third-order valence-corrected chi connectivity index (χ3v) is 3.87. The number of aromatic carboxylic acids is 1. The van der Waals surface area contributed by atoms with E-state index < -0.39 is 5.97 Å². The number of hydrogen-bond acceptors (Lipinski definition) is 6. The van der Waals surface area contributed by atoms with E-state index in [2.05, 4.69) is 10.4 Å². The Hall–Kier alpha value is -3.61. The van der Waals surface area contributed by atoms with Gasteiger partial charge in [-0.1, -0.05) is 42.5 Å². The van der Waals surface area contributed by atoms with Crippen LogP contribution in [0.4, 0.5) is 11.4 Å². The number of hydrogen-bond donors (Lipinski definition) is 1. The van der Waals surface area contributed by atoms with Gasteiger partial charge in [-0.25, -0.2) is 4.68 Å². The Morgan fingerprint density at radius 3 is 2.48 bits per heavy atom. The maximum Gasteiger partial charge on any atom is 0.294 e. The van der Waals surface area contributed by atoms with Crippen LogP contribution >= 0.6 is 0 Å². The molecule has 27 heavy (non-hydrogen) atoms. The molecule has 138 valence electrons. The minimum absolute atomic E-state index is 0.0572. The largest absolute Gasteiger partial charge is 0.545 e. The van der Waals surface area contributed by atoms with E-state index in [4.69, 9.17) is 4.74 Å². The molecule has 0 saturated carbocycles. The van der Waals surface area contributed by atoms with Crippen molar-refractivity contribution in [2.24, 2.45) is 0 Å². The van der Waals surface area contributed by atoms with Crippen LogP contribution in [0.15, 0.2) is 65.6 Å². The van der Waals surface area contributed by atoms with E-state index in [-0.39, 0.29) is 16.8 Å². The summed E-state index contributed by atoms with van der Waals surface area (Å²) in [7, 11) is 0. The van der Waals surface area contributed by atoms with Crippen LogP contribution in [0.2, 0.25) is 0 Å². The van der Waals surface area contributed by atoms with E-state index in [9.17, 15) is 14.7 Å². The molecule has 7 heteroatoms. The van der Waals surface area contributed by atoms with E-state index in [1.54, 1.807) is 12.1 Å². The molecule has 0 aliphatic rings. The Kier molecular flexibility index (Phi) is 5.51. The molecule has 0 atom stereocenters. The molecule has 0 fully saturated rings. The zero-order chi connectivity index (χ0) is 19.2. The van der Waals surface area contributed by atoms with Crippen LogP contribution in [0.25, 0.3) is 0 Å². The number of carbonyl (C=O) groups excluding carboxylic acids is 1. The predicted molar refractivity (Wildman–Crippen MR) is 99.3 cm³/mol. The first-order chi connectivity index (χ1) is 13.1. The maximum absolute atomic E-state index is 12.9. The molecule has 0 amide bonds. The number of nitrogens with one attached hydrogen (secondary N) is 1. The lowest BCUT2D eigenvalue weighted by Crippen LogP contribution is -2.26. The summed E-state index contributed by atoms with van der Waals surface area (Å²) in [4.78, 5) is 23.8. The molecule has 0 spiro atoms. The first kappa shape index (κ1) is 18.2. The van der Waals surface area contributed by atoms with Crippen molar-refractivity contribution in [3.63, 3.8) is 0 Å². The summed E-state index contributed by atoms with van der Waals surface area (Å²) in [5, 5.41) is 18.1. The van der Waals surface area contributed by atoms with Gasteiger partial charge in [-0.3, -0.25) is 4.79 Å². The number of anilines is 2. The third-order valence-electron chi connectivity index (χ3n) is 3.87. The van der Waals surface area contributed by atoms with E-state index in [0.29, 0.717) is 24.6 Å². The predicted octanol–water partition coefficient (Wildman–Crippen LogP) is 1.80. The van der Waals surface area contributed by atoms with Gasteiger partial charge < -0.3 is 20.0 Å². The quantitative estimate of drug-likeness (QED) is 0.687. The summed E-state index contributed by atoms with van der Waals surface area (Å²) < 4.78 is 6.86. The molecule has 0 bridgehead atoms. The second-order valence-electron chi connectivity index (χ2n) is 5.76. The maximum atomic E-state index is 12.9. The number of rotatable bonds is 7. The van der Waals surface area contributed by atoms with Crippen molar-refractivity contribution >= 4 is 17.3 Å². The van der Waals surface area contributed by atoms with Gasteiger partial charge in [0.2, 0.25) is 0 Å². The molecule has 0 aliphatic heterocycles. The molecule has 0 aliphatic carbocycles. The Labute approximate surface area is 155 Å². The highest BCUT2D eigenvalue weighted by Crippen LogP contribution is 2.23. The molecule has 7 nitrogen and oxygen atoms in total. The molecule has 0 radical (unpaired) electrons. The van der Waals surface area contributed by atoms with Crippen LogP contribution in [-0.2, 0) is 6.54 Å². The fraction of sp³-hybridized carbons (Fsp3) is 0.150. The van der Waals surface area contributed by atoms with Crippen LogP contribution < -0.4 is 20.7 Å². The Morgan fingerprint density at radius 2 is 1.85 bits per heavy atom. The summed E-state index contributed by atoms with van der Waals surface area (Å²) in [6, 6.07) is 15.4. The molecule has 3 aromatic rings. The standard InChI is InChI=1S/C20H19N3O4/c1-2-27-17-12-21-23(13-14-6-4-3-5-7-14)19(24)18(17)22-16-10-8-15(9-11-16)20(25)26/h3-12,22H,2,13H2,1H3,(H,25,26)/p-1. The summed E-state index contributed by atoms with van der Waals surface area (Å²) >= 11 is 0. The molecule has 1 aromatic heterocycles. The van der Waals surface area contributed by atoms with Crippen LogP contribution in [0.1, 0.15) is 22.8 Å². The van der Waals surface area contributed by atoms with Crippen molar-refractivity contribution in [3.05, 3.63) is 82.3 Å². The monoisotopic (exact) mass is 364 g/mol. The normalized spacial score (nSPS) is 10.4. The topological polar surface area (TPSA) is 96.3 Å². The minimum atomic E-state index is -1.26. The smallest absolute Gasteiger partial charge is 0.294 e. The second-order valence-corrected chi connectivity index (χ2v) is 5.76. The number of benzene rings is 2. The van der Waals surface area contributed by atoms with Gasteiger partial charge in [0.15, 0.2) is 11.4 Å². The molecule has 3 rings (SSSR count). The average Bonchev–Trinajstić information content (AvgIpc) is 2.68. The van der Waals surface area contributed by atoms with Crippen LogP contribution in [0, 0.1) is 0 Å². The number of carbonyl (C=O) groups is 1. The zero-order valence-corrected chi connectivity index (χ0v) is 14.7. The first-order valence-electron chi connectivity index (χ1n) is 8.43. The van der Waals surface area contributed by atoms with Crippen molar-refractivity contribution in [3.8, 4) is 5.75 Å². The van der Waals surface area contributed by atoms with E-state index in [1.807, 2.05) is 37.3 Å². The number of nitrogens with zero attached hydrogens (tertiary/aromatic N) is 2. The Morgan fingerprint density at radius 1 is 1.15 bits per heavy atom. The highest BCUT2D eigenvalue weighted by Gasteiger charge is 2.13. The van der Waals surface area contributed by atoms with Crippen molar-refractivity contribution in [1.82, 2.24) is 9.78 Å². The van der Waals surface area contributed by atoms with Crippen molar-refractivity contribution in [2.45, 2.75) is 13.5 Å². The van der Waals surface area contributed by atoms with Crippen LogP contribution in [0.5, 0.6) is 5.75 Å². The highest BCUT2D eigenvalue weighted by molar-refractivity contribution is 5.86. The van der Waals surface area contributed by atoms with Gasteiger partial charge in [0.05, 0.1) is 25.3 Å². The van der Waals surface area contributed by atoms with Gasteiger partial charge in [-0.2, -0.15) is 5.10 Å². The number of carboxylic acids is 1. The van der Waals surface area contributed by atoms with Crippen molar-refractivity contribution in [1.29, 1.82) is 0 Å². The molecule has 1 N–H and O–H groups in total. The Balaban J connectivity index is 1.94. The number of aromatic nitrogens is 2. The van der Waals surface area contributed by atoms with E-state index in [0.717, 1.165) is 5.56 Å². The van der Waals surface area contributed by atoms with Crippen LogP contribution in [0.3, 0.4) is 0 Å². The first-order valence-corrected chi connectivity index (χ1v) is 8.43. The van der Waals surface area contributed by atoms with Gasteiger partial charge in [0, 0.05) is 5.69 Å². The molecule has 0 saturated heterocycles. The van der Waals surface area contributed by atoms with Gasteiger partial charge in [-0.15, -0.1) is 0 Å². The Bertz CT molecular complexity index is 982. The number of carboxylic acid groups (broad SMARTS) is 1. The van der Waals surface area contributed by atoms with Crippen molar-refractivity contribution < 1.29 is 14.6 Å². The summed E-state index contributed by atoms with van der Waals surface area (Å²) in [6.45, 7) is 2.51. The molecule has 0 unspecified atom stereocenters. The number of ether oxygens (including phenoxy) is 1. The van der Waals surface area contributed by atoms with E-state index >= 15 is 0 Å². The highest BCUT2D eigenvalue weighted by atomic mass is 16.5. The second kappa shape index (κ2) is 8.18. The fourth-order valence-electron chi connectivity index (χ4n) is 2.56. The lowest BCUT2D eigenvalue weighted by Gasteiger charge is -2.14. The van der Waals surface area contributed by atoms with E-state index in [1.165, 1.54) is 23.0 Å². The third kappa shape index (κ3) is 4.33. The van der Waals surface area contributed by atoms with Crippen molar-refractivity contribution in [2.75, 3.05) is 11.9 Å². The molecular formula is C20H18N3O4-. The SMILES string of the molecule is CCOc1cnn(Cc2ccccc2)c(=O)c1Nc1ccc(C(=O)[O-])cc1. The zero-order valence-electron chi connectivity index (χ0n) is 14.7. The summed E-state index contributed by atoms with van der Waals surface area (Å²) in [5.41, 5.74) is 1.45. The van der Waals surface area contributed by atoms with Gasteiger partial charge in [0.1, 0.15) is 0 Å². The fourth-order valence-corrected chi connectivity index (χ4v) is 2.56. The molecule has 2 aromatic carbocycles. The summed E-state index contributed by atoms with van der Waals surface area (Å²) in [5.74, 6) is -0.929. The lowest BCUT2D eigenvalue weighted by atomic mass is 10.2.